The molecule has 0 saturated carbocycles. The van der Waals surface area contributed by atoms with Gasteiger partial charge < -0.3 is 5.41 Å². The molecule has 0 radical (unpaired) electrons. The summed E-state index contributed by atoms with van der Waals surface area (Å²) in [6, 6.07) is 32.3. The minimum absolute atomic E-state index is 0.940. The molecular weight excluding hydrogens is 374 g/mol. The van der Waals surface area contributed by atoms with Gasteiger partial charge >= 0.3 is 0 Å². The highest BCUT2D eigenvalue weighted by molar-refractivity contribution is 6.15. The molecule has 0 unspecified atom stereocenters. The van der Waals surface area contributed by atoms with Crippen LogP contribution in [0.4, 0.5) is 0 Å². The molecule has 0 bridgehead atoms. The van der Waals surface area contributed by atoms with Crippen molar-refractivity contribution < 1.29 is 0 Å². The first kappa shape index (κ1) is 20.6. The Morgan fingerprint density at radius 3 is 2.03 bits per heavy atom. The molecule has 1 heteroatoms. The van der Waals surface area contributed by atoms with E-state index in [1.807, 2.05) is 13.0 Å². The van der Waals surface area contributed by atoms with Gasteiger partial charge in [-0.3, -0.25) is 0 Å². The minimum atomic E-state index is 0.940. The van der Waals surface area contributed by atoms with Gasteiger partial charge in [0.05, 0.1) is 0 Å². The standard InChI is InChI=1S/C30H27N/c1-3-10-26(23-11-6-5-7-12-23)24-15-17-25(18-16-24)28-20-19-27(22(4-2)21-31)29-13-8-9-14-30(28)29/h4-21,31H,3H2,1-2H3/b22-4+,26-10+,31-21?. The number of hydrogen-bond acceptors (Lipinski definition) is 1. The topological polar surface area (TPSA) is 23.9 Å². The number of rotatable bonds is 6. The van der Waals surface area contributed by atoms with Crippen LogP contribution in [0.1, 0.15) is 37.0 Å². The Kier molecular flexibility index (Phi) is 6.24. The Labute approximate surface area is 184 Å². The fraction of sp³-hybridized carbons (Fsp3) is 0.100. The molecule has 31 heavy (non-hydrogen) atoms. The second kappa shape index (κ2) is 9.40. The van der Waals surface area contributed by atoms with Crippen molar-refractivity contribution in [3.63, 3.8) is 0 Å². The predicted molar refractivity (Wildman–Crippen MR) is 136 cm³/mol. The van der Waals surface area contributed by atoms with Crippen molar-refractivity contribution in [2.75, 3.05) is 0 Å². The average molecular weight is 402 g/mol. The molecule has 0 heterocycles. The van der Waals surface area contributed by atoms with E-state index < -0.39 is 0 Å². The van der Waals surface area contributed by atoms with Gasteiger partial charge in [0, 0.05) is 6.21 Å². The fourth-order valence-corrected chi connectivity index (χ4v) is 4.17. The van der Waals surface area contributed by atoms with Crippen LogP contribution in [-0.2, 0) is 0 Å². The molecule has 152 valence electrons. The highest BCUT2D eigenvalue weighted by Crippen LogP contribution is 2.34. The molecule has 4 aromatic rings. The van der Waals surface area contributed by atoms with Crippen molar-refractivity contribution >= 4 is 28.1 Å². The first-order chi connectivity index (χ1) is 15.3. The van der Waals surface area contributed by atoms with Crippen LogP contribution in [0, 0.1) is 5.41 Å². The molecule has 0 aliphatic rings. The van der Waals surface area contributed by atoms with Crippen molar-refractivity contribution in [3.05, 3.63) is 120 Å². The number of allylic oxidation sites excluding steroid dienone is 3. The molecule has 0 aromatic heterocycles. The normalized spacial score (nSPS) is 12.2. The van der Waals surface area contributed by atoms with E-state index in [9.17, 15) is 0 Å². The van der Waals surface area contributed by atoms with E-state index in [1.54, 1.807) is 0 Å². The Morgan fingerprint density at radius 1 is 0.742 bits per heavy atom. The first-order valence-electron chi connectivity index (χ1n) is 10.8. The molecular formula is C30H27N. The van der Waals surface area contributed by atoms with E-state index in [0.29, 0.717) is 0 Å². The number of fused-ring (bicyclic) bond motifs is 1. The maximum Gasteiger partial charge on any atom is 0.0253 e. The van der Waals surface area contributed by atoms with E-state index in [-0.39, 0.29) is 0 Å². The molecule has 0 spiro atoms. The van der Waals surface area contributed by atoms with Gasteiger partial charge in [-0.15, -0.1) is 0 Å². The van der Waals surface area contributed by atoms with Crippen LogP contribution in [0.15, 0.2) is 103 Å². The lowest BCUT2D eigenvalue weighted by atomic mass is 9.90. The van der Waals surface area contributed by atoms with E-state index >= 15 is 0 Å². The Bertz CT molecular complexity index is 1260. The van der Waals surface area contributed by atoms with Crippen LogP contribution in [0.5, 0.6) is 0 Å². The zero-order valence-corrected chi connectivity index (χ0v) is 18.1. The molecule has 0 fully saturated rings. The molecule has 0 amide bonds. The molecule has 0 aliphatic carbocycles. The summed E-state index contributed by atoms with van der Waals surface area (Å²) < 4.78 is 0. The third-order valence-electron chi connectivity index (χ3n) is 5.70. The Hall–Kier alpha value is -3.71. The lowest BCUT2D eigenvalue weighted by Crippen LogP contribution is -1.91. The molecule has 4 rings (SSSR count). The fourth-order valence-electron chi connectivity index (χ4n) is 4.17. The van der Waals surface area contributed by atoms with Gasteiger partial charge in [0.1, 0.15) is 0 Å². The van der Waals surface area contributed by atoms with Crippen LogP contribution in [-0.4, -0.2) is 6.21 Å². The van der Waals surface area contributed by atoms with Gasteiger partial charge in [-0.2, -0.15) is 0 Å². The summed E-state index contributed by atoms with van der Waals surface area (Å²) in [6.45, 7) is 4.16. The zero-order valence-electron chi connectivity index (χ0n) is 18.1. The molecule has 1 N–H and O–H groups in total. The smallest absolute Gasteiger partial charge is 0.0253 e. The molecule has 1 nitrogen and oxygen atoms in total. The van der Waals surface area contributed by atoms with Crippen LogP contribution >= 0.6 is 0 Å². The predicted octanol–water partition coefficient (Wildman–Crippen LogP) is 8.40. The zero-order chi connectivity index (χ0) is 21.6. The van der Waals surface area contributed by atoms with Crippen molar-refractivity contribution in [1.29, 1.82) is 5.41 Å². The van der Waals surface area contributed by atoms with Crippen LogP contribution < -0.4 is 0 Å². The summed E-state index contributed by atoms with van der Waals surface area (Å²) in [7, 11) is 0. The lowest BCUT2D eigenvalue weighted by molar-refractivity contribution is 1.22. The molecule has 0 saturated heterocycles. The summed E-state index contributed by atoms with van der Waals surface area (Å²) in [5.74, 6) is 0. The van der Waals surface area contributed by atoms with E-state index in [2.05, 4.69) is 104 Å². The van der Waals surface area contributed by atoms with Crippen molar-refractivity contribution in [3.8, 4) is 11.1 Å². The Morgan fingerprint density at radius 2 is 1.39 bits per heavy atom. The lowest BCUT2D eigenvalue weighted by Gasteiger charge is -2.13. The Balaban J connectivity index is 1.79. The quantitative estimate of drug-likeness (QED) is 0.314. The van der Waals surface area contributed by atoms with Crippen molar-refractivity contribution in [2.45, 2.75) is 20.3 Å². The van der Waals surface area contributed by atoms with E-state index in [1.165, 1.54) is 44.8 Å². The summed E-state index contributed by atoms with van der Waals surface area (Å²) >= 11 is 0. The monoisotopic (exact) mass is 401 g/mol. The SMILES string of the molecule is C/C=C(\C=N)c1ccc(-c2ccc(/C(=C/CC)c3ccccc3)cc2)c2ccccc12. The van der Waals surface area contributed by atoms with Gasteiger partial charge in [0.2, 0.25) is 0 Å². The maximum absolute atomic E-state index is 7.76. The van der Waals surface area contributed by atoms with Crippen molar-refractivity contribution in [1.82, 2.24) is 0 Å². The first-order valence-corrected chi connectivity index (χ1v) is 10.8. The highest BCUT2D eigenvalue weighted by atomic mass is 14.3. The number of benzene rings is 4. The molecule has 0 aliphatic heterocycles. The third-order valence-corrected chi connectivity index (χ3v) is 5.70. The number of hydrogen-bond donors (Lipinski definition) is 1. The van der Waals surface area contributed by atoms with E-state index in [4.69, 9.17) is 5.41 Å². The summed E-state index contributed by atoms with van der Waals surface area (Å²) in [4.78, 5) is 0. The van der Waals surface area contributed by atoms with Crippen LogP contribution in [0.2, 0.25) is 0 Å². The minimum Gasteiger partial charge on any atom is -0.308 e. The largest absolute Gasteiger partial charge is 0.308 e. The van der Waals surface area contributed by atoms with E-state index in [0.717, 1.165) is 17.6 Å². The molecule has 0 atom stereocenters. The van der Waals surface area contributed by atoms with Gasteiger partial charge in [-0.05, 0) is 63.1 Å². The maximum atomic E-state index is 7.76. The van der Waals surface area contributed by atoms with Crippen LogP contribution in [0.3, 0.4) is 0 Å². The summed E-state index contributed by atoms with van der Waals surface area (Å²) in [5, 5.41) is 10.1. The van der Waals surface area contributed by atoms with Crippen molar-refractivity contribution in [2.24, 2.45) is 0 Å². The average Bonchev–Trinajstić information content (AvgIpc) is 2.84. The summed E-state index contributed by atoms with van der Waals surface area (Å²) in [5.41, 5.74) is 8.22. The van der Waals surface area contributed by atoms with Crippen LogP contribution in [0.25, 0.3) is 33.0 Å². The van der Waals surface area contributed by atoms with Gasteiger partial charge in [-0.25, -0.2) is 0 Å². The second-order valence-electron chi connectivity index (χ2n) is 7.56. The van der Waals surface area contributed by atoms with Gasteiger partial charge in [0.25, 0.3) is 0 Å². The third kappa shape index (κ3) is 4.13. The second-order valence-corrected chi connectivity index (χ2v) is 7.56. The highest BCUT2D eigenvalue weighted by Gasteiger charge is 2.10. The molecule has 4 aromatic carbocycles. The van der Waals surface area contributed by atoms with Gasteiger partial charge in [-0.1, -0.05) is 110 Å². The number of nitrogens with one attached hydrogen (secondary N) is 1. The summed E-state index contributed by atoms with van der Waals surface area (Å²) in [6.07, 6.45) is 6.72. The van der Waals surface area contributed by atoms with Gasteiger partial charge in [0.15, 0.2) is 0 Å².